The number of carbonyl (C=O) groups is 3. The summed E-state index contributed by atoms with van der Waals surface area (Å²) < 4.78 is 68.0. The van der Waals surface area contributed by atoms with Crippen LogP contribution in [0.15, 0.2) is 342 Å². The maximum absolute atomic E-state index is 13.9. The Morgan fingerprint density at radius 2 is 0.787 bits per heavy atom. The average molecular weight is 1910 g/mol. The molecule has 692 valence electrons. The fraction of sp³-hybridized carbons (Fsp3) is 0.103. The first-order valence-corrected chi connectivity index (χ1v) is 48.5. The quantitative estimate of drug-likeness (QED) is 0.0716. The molecule has 0 radical (unpaired) electrons. The molecule has 19 aromatic rings. The molecule has 3 aliphatic heterocycles. The van der Waals surface area contributed by atoms with Gasteiger partial charge in [0.25, 0.3) is 17.7 Å². The molecule has 23 rings (SSSR count). The molecule has 24 heteroatoms. The number of nitrogens with one attached hydrogen (secondary N) is 2. The number of hydrogen-bond donors (Lipinski definition) is 3. The lowest BCUT2D eigenvalue weighted by molar-refractivity contribution is 0.0992. The van der Waals surface area contributed by atoms with Gasteiger partial charge in [-0.05, 0) is 313 Å². The summed E-state index contributed by atoms with van der Waals surface area (Å²) in [7, 11) is 0. The number of nitrogens with zero attached hydrogens (tertiary/aromatic N) is 10. The maximum atomic E-state index is 13.9. The normalized spacial score (nSPS) is 12.8. The molecule has 18 nitrogen and oxygen atoms in total. The third-order valence-electron chi connectivity index (χ3n) is 24.9. The molecule has 141 heavy (non-hydrogen) atoms. The number of carbonyl (C=O) groups excluding carboxylic acids is 3. The summed E-state index contributed by atoms with van der Waals surface area (Å²) in [5, 5.41) is 13.2. The molecule has 3 amide bonds. The van der Waals surface area contributed by atoms with Gasteiger partial charge in [-0.1, -0.05) is 115 Å². The number of benzene rings is 12. The molecule has 3 N–H and O–H groups in total. The van der Waals surface area contributed by atoms with Gasteiger partial charge in [0.2, 0.25) is 0 Å². The van der Waals surface area contributed by atoms with E-state index in [4.69, 9.17) is 9.97 Å². The lowest BCUT2D eigenvalue weighted by Gasteiger charge is -2.14. The minimum atomic E-state index is -2.41. The third kappa shape index (κ3) is 21.5. The van der Waals surface area contributed by atoms with Gasteiger partial charge in [0.05, 0.1) is 71.8 Å². The lowest BCUT2D eigenvalue weighted by Crippen LogP contribution is -2.08. The second-order valence-corrected chi connectivity index (χ2v) is 37.1. The van der Waals surface area contributed by atoms with Crippen molar-refractivity contribution in [2.75, 3.05) is 10.0 Å². The van der Waals surface area contributed by atoms with Gasteiger partial charge in [-0.15, -0.1) is 22.7 Å². The molecule has 0 saturated heterocycles. The van der Waals surface area contributed by atoms with Gasteiger partial charge >= 0.3 is 0 Å². The van der Waals surface area contributed by atoms with Gasteiger partial charge < -0.3 is 19.7 Å². The molecule has 12 aromatic carbocycles. The van der Waals surface area contributed by atoms with Crippen LogP contribution in [0, 0.1) is 52.1 Å². The highest BCUT2D eigenvalue weighted by molar-refractivity contribution is 7.80. The summed E-state index contributed by atoms with van der Waals surface area (Å²) in [6.07, 6.45) is 18.6. The van der Waals surface area contributed by atoms with E-state index in [0.29, 0.717) is 70.6 Å². The Labute approximate surface area is 822 Å². The number of amides is 3. The molecule has 4 aliphatic rings. The lowest BCUT2D eigenvalue weighted by atomic mass is 9.93. The maximum Gasteiger partial charge on any atom is 0.276 e. The first-order chi connectivity index (χ1) is 68.6. The molecule has 0 bridgehead atoms. The Bertz CT molecular complexity index is 8240. The van der Waals surface area contributed by atoms with E-state index in [0.717, 1.165) is 183 Å². The summed E-state index contributed by atoms with van der Waals surface area (Å²) in [6.45, 7) is 9.80. The van der Waals surface area contributed by atoms with Crippen molar-refractivity contribution in [3.63, 3.8) is 0 Å². The van der Waals surface area contributed by atoms with Gasteiger partial charge in [0.1, 0.15) is 23.2 Å². The van der Waals surface area contributed by atoms with Crippen LogP contribution in [-0.4, -0.2) is 85.1 Å². The highest BCUT2D eigenvalue weighted by Gasteiger charge is 2.27. The van der Waals surface area contributed by atoms with Crippen LogP contribution in [0.3, 0.4) is 0 Å². The standard InChI is InChI=1S/C27H22FN3OS.C25H18FN3O2S2.C23H18N2O.C21H15FN2O.C21H16N2O/c1-16-10-20(4-6-23(16)28)27-22(19-5-7-24-26(11-19)33-15-31-24)12-21(14-30-27)29-13-18-3-8-25(32)17(2)9-18;1-15-9-18(5-7-22(15)26)25-21(17-6-8-23-24(12-17)32-14-28-23)11-19(13-27-25)16-3-2-4-20(10-16)29-33(30)31;26-23-21-9-8-17(14-18(21)10-12-25-23)20-5-2-11-24-22(20)19-4-1-3-16(13-19)15-6-7-15;1-13-11-16(5-7-19(13)22)20-17(3-2-9-23-20)14-4-6-18-15(12-14)8-10-24-21(18)25;1-14-4-2-5-17(12-14)20-18(6-3-10-22-20)15-7-8-19-16(13-15)9-11-23-21(19)24/h3-12,14-15,29,32H,13H2,1-2H3;2-14,29H,1H3,(H,30,31);1-5,8-9,11-15H,6-7,10H2;2-7,9-12H,8H2,1H3;2-8,10-13H,9H2,1H3/p-1. The van der Waals surface area contributed by atoms with Crippen molar-refractivity contribution < 1.29 is 41.4 Å². The van der Waals surface area contributed by atoms with Gasteiger partial charge in [-0.25, -0.2) is 38.1 Å². The first kappa shape index (κ1) is 93.5. The molecule has 7 aromatic heterocycles. The predicted octanol–water partition coefficient (Wildman–Crippen LogP) is 27.6. The summed E-state index contributed by atoms with van der Waals surface area (Å²) >= 11 is 0.753. The molecule has 1 aliphatic carbocycles. The number of aromatic nitrogens is 7. The van der Waals surface area contributed by atoms with E-state index in [-0.39, 0.29) is 35.2 Å². The van der Waals surface area contributed by atoms with Crippen LogP contribution in [0.2, 0.25) is 0 Å². The van der Waals surface area contributed by atoms with Crippen LogP contribution >= 0.6 is 22.7 Å². The van der Waals surface area contributed by atoms with Gasteiger partial charge in [0, 0.05) is 164 Å². The van der Waals surface area contributed by atoms with E-state index in [9.17, 15) is 41.4 Å². The average Bonchev–Trinajstić information content (AvgIpc) is 1.09. The SMILES string of the molecule is Cc1cc(-c2ncc(-c3cccc(NS(=O)[O-])c3)cc2-c2ccc3ncsc3c2)ccc1F.Cc1cc(-c2ncccc2-c2ccc3c(c2)CC=NC3=O)ccc1F.Cc1cc(CNc2cnc(-c3ccc(F)c(C)c3)c(-c3ccc4ncsc4c3)c2)ccc1O.Cc1cccc(-c2ncccc2-c2ccc3c(c2)CC=NC3=O)c1.O=C1N=CCc2cc(-c3cccnc3-c3cccc(C4CC4)c3)ccc21. The van der Waals surface area contributed by atoms with Gasteiger partial charge in [-0.2, -0.15) is 0 Å². The number of pyridine rings is 5. The monoisotopic (exact) mass is 1910 g/mol. The van der Waals surface area contributed by atoms with Gasteiger partial charge in [-0.3, -0.25) is 43.5 Å². The number of phenols is 1. The van der Waals surface area contributed by atoms with Crippen molar-refractivity contribution in [2.45, 2.75) is 79.2 Å². The summed E-state index contributed by atoms with van der Waals surface area (Å²) in [5.41, 5.74) is 39.0. The molecule has 10 heterocycles. The number of thiazole rings is 2. The number of anilines is 2. The molecule has 1 atom stereocenters. The molecular weight excluding hydrogens is 1820 g/mol. The third-order valence-corrected chi connectivity index (χ3v) is 26.9. The molecule has 1 unspecified atom stereocenters. The fourth-order valence-electron chi connectivity index (χ4n) is 17.5. The van der Waals surface area contributed by atoms with Crippen LogP contribution in [0.5, 0.6) is 5.75 Å². The summed E-state index contributed by atoms with van der Waals surface area (Å²) in [5.74, 6) is -0.219. The van der Waals surface area contributed by atoms with Crippen LogP contribution < -0.4 is 10.0 Å². The van der Waals surface area contributed by atoms with Crippen molar-refractivity contribution in [3.05, 3.63) is 417 Å². The van der Waals surface area contributed by atoms with Crippen LogP contribution in [0.1, 0.15) is 105 Å². The van der Waals surface area contributed by atoms with Crippen molar-refractivity contribution in [3.8, 4) is 129 Å². The zero-order valence-corrected chi connectivity index (χ0v) is 79.5. The van der Waals surface area contributed by atoms with E-state index < -0.39 is 11.3 Å². The zero-order valence-electron chi connectivity index (χ0n) is 77.0. The molecular formula is C117H88F3N12O6S3-. The minimum Gasteiger partial charge on any atom is -0.755 e. The van der Waals surface area contributed by atoms with Crippen LogP contribution in [0.25, 0.3) is 143 Å². The zero-order chi connectivity index (χ0) is 97.3. The number of aliphatic imine (C=N–C) groups is 3. The first-order valence-electron chi connectivity index (χ1n) is 45.7. The number of fused-ring (bicyclic) bond motifs is 5. The van der Waals surface area contributed by atoms with Crippen LogP contribution in [-0.2, 0) is 37.1 Å². The molecule has 1 fully saturated rings. The topological polar surface area (TPSA) is 263 Å². The second-order valence-electron chi connectivity index (χ2n) is 34.6. The van der Waals surface area contributed by atoms with Crippen LogP contribution in [0.4, 0.5) is 24.5 Å². The molecule has 0 spiro atoms. The smallest absolute Gasteiger partial charge is 0.276 e. The Balaban J connectivity index is 0.000000113. The number of rotatable bonds is 17. The van der Waals surface area contributed by atoms with Gasteiger partial charge in [0.15, 0.2) is 0 Å². The summed E-state index contributed by atoms with van der Waals surface area (Å²) in [6, 6.07) is 90.8. The van der Waals surface area contributed by atoms with Crippen molar-refractivity contribution in [2.24, 2.45) is 15.0 Å². The van der Waals surface area contributed by atoms with Crippen molar-refractivity contribution in [1.82, 2.24) is 34.9 Å². The Kier molecular flexibility index (Phi) is 27.7. The van der Waals surface area contributed by atoms with E-state index in [2.05, 4.69) is 142 Å². The molecule has 1 saturated carbocycles. The highest BCUT2D eigenvalue weighted by Crippen LogP contribution is 2.45. The Morgan fingerprint density at radius 1 is 0.362 bits per heavy atom. The van der Waals surface area contributed by atoms with E-state index in [1.54, 1.807) is 135 Å². The number of hydrogen-bond acceptors (Lipinski definition) is 16. The van der Waals surface area contributed by atoms with E-state index in [1.807, 2.05) is 158 Å². The van der Waals surface area contributed by atoms with Crippen molar-refractivity contribution in [1.29, 1.82) is 0 Å². The Hall–Kier alpha value is -16.5. The number of halogens is 3. The number of aryl methyl sites for hydroxylation is 5. The largest absolute Gasteiger partial charge is 0.755 e. The Morgan fingerprint density at radius 3 is 1.26 bits per heavy atom. The van der Waals surface area contributed by atoms with E-state index in [1.165, 1.54) is 42.2 Å². The second kappa shape index (κ2) is 41.8. The predicted molar refractivity (Wildman–Crippen MR) is 560 cm³/mol. The number of aromatic hydroxyl groups is 1. The van der Waals surface area contributed by atoms with Crippen molar-refractivity contribution >= 4 is 102 Å². The number of phenolic OH excluding ortho intramolecular Hbond substituents is 1. The highest BCUT2D eigenvalue weighted by atomic mass is 32.2. The van der Waals surface area contributed by atoms with E-state index >= 15 is 0 Å². The minimum absolute atomic E-state index is 0.152. The summed E-state index contributed by atoms with van der Waals surface area (Å²) in [4.78, 5) is 79.3. The fourth-order valence-corrected chi connectivity index (χ4v) is 19.2.